The van der Waals surface area contributed by atoms with Gasteiger partial charge in [0.1, 0.15) is 29.2 Å². The van der Waals surface area contributed by atoms with Gasteiger partial charge < -0.3 is 15.1 Å². The van der Waals surface area contributed by atoms with Crippen molar-refractivity contribution in [3.8, 4) is 11.3 Å². The number of rotatable bonds is 8. The Morgan fingerprint density at radius 1 is 0.968 bits per heavy atom. The number of nitrogens with one attached hydrogen (secondary N) is 2. The van der Waals surface area contributed by atoms with Crippen molar-refractivity contribution < 1.29 is 4.42 Å². The fraction of sp³-hybridized carbons (Fsp3) is 0.333. The second kappa shape index (κ2) is 9.12. The van der Waals surface area contributed by atoms with Crippen LogP contribution < -0.4 is 10.6 Å². The Kier molecular flexibility index (Phi) is 6.11. The van der Waals surface area contributed by atoms with Crippen molar-refractivity contribution in [2.24, 2.45) is 5.92 Å². The van der Waals surface area contributed by atoms with Crippen molar-refractivity contribution in [2.75, 3.05) is 23.7 Å². The molecule has 1 unspecified atom stereocenters. The second-order valence-corrected chi connectivity index (χ2v) is 7.87. The third-order valence-electron chi connectivity index (χ3n) is 5.60. The zero-order valence-electron chi connectivity index (χ0n) is 18.4. The van der Waals surface area contributed by atoms with Gasteiger partial charge >= 0.3 is 0 Å². The predicted octanol–water partition coefficient (Wildman–Crippen LogP) is 5.27. The van der Waals surface area contributed by atoms with E-state index in [1.807, 2.05) is 50.5 Å². The van der Waals surface area contributed by atoms with Crippen LogP contribution in [0, 0.1) is 12.8 Å². The lowest BCUT2D eigenvalue weighted by atomic mass is 9.89. The number of pyridine rings is 2. The minimum atomic E-state index is 0.299. The third kappa shape index (κ3) is 4.66. The van der Waals surface area contributed by atoms with Gasteiger partial charge in [-0.25, -0.2) is 15.0 Å². The van der Waals surface area contributed by atoms with Crippen LogP contribution in [0.2, 0.25) is 0 Å². The molecule has 4 heterocycles. The van der Waals surface area contributed by atoms with Gasteiger partial charge in [-0.05, 0) is 43.9 Å². The van der Waals surface area contributed by atoms with Crippen molar-refractivity contribution in [1.29, 1.82) is 0 Å². The molecule has 0 radical (unpaired) electrons. The highest BCUT2D eigenvalue weighted by molar-refractivity contribution is 5.77. The molecular formula is C24H28N6O. The molecule has 2 atom stereocenters. The fourth-order valence-electron chi connectivity index (χ4n) is 3.63. The maximum atomic E-state index is 5.91. The van der Waals surface area contributed by atoms with E-state index in [2.05, 4.69) is 50.5 Å². The standard InChI is InChI=1S/C24H28N6O/c1-5-25-22-7-6-18(13-28-22)20-11-23(30-14-29-20)27-12-15(2)17(4)19-8-9-26-21-10-16(3)31-24(19)21/h6-11,13-15,17H,5,12H2,1-4H3,(H,25,28)(H,27,29,30)/t15-,17?/m1/s1. The molecule has 7 nitrogen and oxygen atoms in total. The molecule has 31 heavy (non-hydrogen) atoms. The van der Waals surface area contributed by atoms with E-state index in [0.717, 1.165) is 52.8 Å². The Hall–Kier alpha value is -3.48. The van der Waals surface area contributed by atoms with E-state index in [1.54, 1.807) is 6.33 Å². The van der Waals surface area contributed by atoms with Crippen LogP contribution in [-0.2, 0) is 0 Å². The molecule has 0 amide bonds. The molecule has 0 spiro atoms. The number of aryl methyl sites for hydroxylation is 1. The molecule has 0 aliphatic rings. The van der Waals surface area contributed by atoms with Crippen molar-refractivity contribution >= 4 is 22.7 Å². The fourth-order valence-corrected chi connectivity index (χ4v) is 3.63. The van der Waals surface area contributed by atoms with Crippen LogP contribution in [0.3, 0.4) is 0 Å². The lowest BCUT2D eigenvalue weighted by Gasteiger charge is -2.21. The summed E-state index contributed by atoms with van der Waals surface area (Å²) in [5.74, 6) is 3.20. The Labute approximate surface area is 182 Å². The normalized spacial score (nSPS) is 13.2. The highest BCUT2D eigenvalue weighted by Crippen LogP contribution is 2.31. The van der Waals surface area contributed by atoms with E-state index in [1.165, 1.54) is 5.56 Å². The van der Waals surface area contributed by atoms with Gasteiger partial charge in [-0.1, -0.05) is 13.8 Å². The first-order valence-electron chi connectivity index (χ1n) is 10.7. The summed E-state index contributed by atoms with van der Waals surface area (Å²) < 4.78 is 5.91. The van der Waals surface area contributed by atoms with Crippen LogP contribution in [0.15, 0.2) is 53.5 Å². The van der Waals surface area contributed by atoms with Gasteiger partial charge in [-0.15, -0.1) is 0 Å². The van der Waals surface area contributed by atoms with Crippen molar-refractivity contribution in [3.63, 3.8) is 0 Å². The van der Waals surface area contributed by atoms with Crippen LogP contribution in [0.5, 0.6) is 0 Å². The summed E-state index contributed by atoms with van der Waals surface area (Å²) in [7, 11) is 0. The maximum absolute atomic E-state index is 5.91. The van der Waals surface area contributed by atoms with E-state index in [0.29, 0.717) is 11.8 Å². The van der Waals surface area contributed by atoms with Gasteiger partial charge in [0, 0.05) is 48.7 Å². The number of nitrogens with zero attached hydrogens (tertiary/aromatic N) is 4. The molecule has 0 aliphatic heterocycles. The average molecular weight is 417 g/mol. The first-order valence-corrected chi connectivity index (χ1v) is 10.7. The molecule has 0 aromatic carbocycles. The number of anilines is 2. The summed E-state index contributed by atoms with van der Waals surface area (Å²) >= 11 is 0. The molecular weight excluding hydrogens is 388 g/mol. The molecule has 4 aromatic heterocycles. The van der Waals surface area contributed by atoms with Gasteiger partial charge in [0.2, 0.25) is 0 Å². The topological polar surface area (TPSA) is 88.8 Å². The average Bonchev–Trinajstić information content (AvgIpc) is 3.18. The number of fused-ring (bicyclic) bond motifs is 1. The largest absolute Gasteiger partial charge is 0.459 e. The lowest BCUT2D eigenvalue weighted by Crippen LogP contribution is -2.18. The highest BCUT2D eigenvalue weighted by Gasteiger charge is 2.19. The van der Waals surface area contributed by atoms with Crippen molar-refractivity contribution in [1.82, 2.24) is 19.9 Å². The predicted molar refractivity (Wildman–Crippen MR) is 124 cm³/mol. The number of hydrogen-bond acceptors (Lipinski definition) is 7. The van der Waals surface area contributed by atoms with Crippen molar-refractivity contribution in [3.05, 3.63) is 60.4 Å². The van der Waals surface area contributed by atoms with E-state index in [4.69, 9.17) is 4.42 Å². The maximum Gasteiger partial charge on any atom is 0.156 e. The van der Waals surface area contributed by atoms with Crippen molar-refractivity contribution in [2.45, 2.75) is 33.6 Å². The summed E-state index contributed by atoms with van der Waals surface area (Å²) in [4.78, 5) is 17.6. The van der Waals surface area contributed by atoms with Crippen LogP contribution in [0.1, 0.15) is 38.0 Å². The summed E-state index contributed by atoms with van der Waals surface area (Å²) in [6.07, 6.45) is 5.27. The van der Waals surface area contributed by atoms with Crippen LogP contribution in [0.25, 0.3) is 22.4 Å². The highest BCUT2D eigenvalue weighted by atomic mass is 16.3. The Bertz CT molecular complexity index is 1150. The van der Waals surface area contributed by atoms with Gasteiger partial charge in [-0.2, -0.15) is 0 Å². The first kappa shape index (κ1) is 20.8. The Morgan fingerprint density at radius 2 is 1.84 bits per heavy atom. The molecule has 0 fully saturated rings. The number of furan rings is 1. The van der Waals surface area contributed by atoms with Crippen LogP contribution >= 0.6 is 0 Å². The molecule has 0 aliphatic carbocycles. The molecule has 0 saturated carbocycles. The molecule has 2 N–H and O–H groups in total. The van der Waals surface area contributed by atoms with E-state index < -0.39 is 0 Å². The Morgan fingerprint density at radius 3 is 2.61 bits per heavy atom. The van der Waals surface area contributed by atoms with Gasteiger partial charge in [0.15, 0.2) is 5.58 Å². The number of aromatic nitrogens is 4. The number of hydrogen-bond donors (Lipinski definition) is 2. The zero-order valence-corrected chi connectivity index (χ0v) is 18.4. The molecule has 160 valence electrons. The zero-order chi connectivity index (χ0) is 21.8. The van der Waals surface area contributed by atoms with Crippen LogP contribution in [0.4, 0.5) is 11.6 Å². The second-order valence-electron chi connectivity index (χ2n) is 7.87. The minimum absolute atomic E-state index is 0.299. The summed E-state index contributed by atoms with van der Waals surface area (Å²) in [6.45, 7) is 10.1. The minimum Gasteiger partial charge on any atom is -0.459 e. The van der Waals surface area contributed by atoms with E-state index >= 15 is 0 Å². The van der Waals surface area contributed by atoms with Gasteiger partial charge in [0.25, 0.3) is 0 Å². The molecule has 4 rings (SSSR count). The first-order chi connectivity index (χ1) is 15.0. The summed E-state index contributed by atoms with van der Waals surface area (Å²) in [5, 5.41) is 6.66. The van der Waals surface area contributed by atoms with E-state index in [-0.39, 0.29) is 0 Å². The summed E-state index contributed by atoms with van der Waals surface area (Å²) in [6, 6.07) is 9.98. The third-order valence-corrected chi connectivity index (χ3v) is 5.60. The van der Waals surface area contributed by atoms with Gasteiger partial charge in [-0.3, -0.25) is 4.98 Å². The smallest absolute Gasteiger partial charge is 0.156 e. The quantitative estimate of drug-likeness (QED) is 0.404. The molecule has 0 saturated heterocycles. The SMILES string of the molecule is CCNc1ccc(-c2cc(NC[C@@H](C)C(C)c3ccnc4cc(C)oc34)ncn2)cn1. The monoisotopic (exact) mass is 416 g/mol. The molecule has 7 heteroatoms. The molecule has 4 aromatic rings. The lowest BCUT2D eigenvalue weighted by molar-refractivity contribution is 0.501. The summed E-state index contributed by atoms with van der Waals surface area (Å²) in [5.41, 5.74) is 4.78. The Balaban J connectivity index is 1.44. The van der Waals surface area contributed by atoms with Gasteiger partial charge in [0.05, 0.1) is 5.69 Å². The van der Waals surface area contributed by atoms with E-state index in [9.17, 15) is 0 Å². The molecule has 0 bridgehead atoms. The van der Waals surface area contributed by atoms with Crippen LogP contribution in [-0.4, -0.2) is 33.0 Å².